The van der Waals surface area contributed by atoms with E-state index in [1.807, 2.05) is 6.26 Å². The smallest absolute Gasteiger partial charge is 0.320 e. The second kappa shape index (κ2) is 6.28. The summed E-state index contributed by atoms with van der Waals surface area (Å²) in [6.45, 7) is 1.51. The van der Waals surface area contributed by atoms with E-state index in [1.54, 1.807) is 11.8 Å². The van der Waals surface area contributed by atoms with Crippen molar-refractivity contribution in [2.24, 2.45) is 0 Å². The van der Waals surface area contributed by atoms with E-state index in [9.17, 15) is 4.79 Å². The number of nitrogens with one attached hydrogen (secondary N) is 1. The average molecular weight is 193 g/mol. The van der Waals surface area contributed by atoms with Crippen LogP contribution in [0.15, 0.2) is 0 Å². The molecule has 0 radical (unpaired) electrons. The van der Waals surface area contributed by atoms with E-state index in [-0.39, 0.29) is 0 Å². The van der Waals surface area contributed by atoms with Crippen LogP contribution in [-0.4, -0.2) is 40.5 Å². The third-order valence-corrected chi connectivity index (χ3v) is 2.00. The Labute approximate surface area is 76.4 Å². The van der Waals surface area contributed by atoms with E-state index >= 15 is 0 Å². The number of thioether (sulfide) groups is 1. The van der Waals surface area contributed by atoms with E-state index in [1.165, 1.54) is 6.92 Å². The van der Waals surface area contributed by atoms with Crippen LogP contribution in [0.5, 0.6) is 0 Å². The van der Waals surface area contributed by atoms with Crippen LogP contribution in [0.3, 0.4) is 0 Å². The van der Waals surface area contributed by atoms with Crippen molar-refractivity contribution in [1.82, 2.24) is 5.32 Å². The van der Waals surface area contributed by atoms with Crippen molar-refractivity contribution in [3.05, 3.63) is 0 Å². The predicted molar refractivity (Wildman–Crippen MR) is 49.2 cm³/mol. The zero-order chi connectivity index (χ0) is 9.56. The first-order valence-corrected chi connectivity index (χ1v) is 5.13. The summed E-state index contributed by atoms with van der Waals surface area (Å²) in [5.41, 5.74) is 0. The fraction of sp³-hybridized carbons (Fsp3) is 0.857. The quantitative estimate of drug-likeness (QED) is 0.523. The highest BCUT2D eigenvalue weighted by atomic mass is 32.2. The number of aliphatic hydroxyl groups is 1. The molecule has 5 heteroatoms. The molecule has 0 saturated carbocycles. The monoisotopic (exact) mass is 193 g/mol. The molecule has 0 aromatic carbocycles. The van der Waals surface area contributed by atoms with Crippen LogP contribution in [-0.2, 0) is 4.79 Å². The molecule has 12 heavy (non-hydrogen) atoms. The van der Waals surface area contributed by atoms with Crippen LogP contribution in [0.2, 0.25) is 0 Å². The molecule has 0 aliphatic rings. The number of carboxylic acid groups (broad SMARTS) is 1. The Morgan fingerprint density at radius 3 is 2.58 bits per heavy atom. The van der Waals surface area contributed by atoms with Crippen LogP contribution in [0, 0.1) is 0 Å². The molecule has 0 spiro atoms. The van der Waals surface area contributed by atoms with Gasteiger partial charge in [-0.05, 0) is 25.4 Å². The molecule has 0 aliphatic heterocycles. The number of aliphatic hydroxyl groups excluding tert-OH is 1. The standard InChI is InChI=1S/C7H15NO3S/c1-5(9)8-6(7(10)11)3-4-12-2/h5-6,8-9H,3-4H2,1-2H3,(H,10,11)/t5?,6-/m0/s1. The van der Waals surface area contributed by atoms with E-state index in [0.29, 0.717) is 6.42 Å². The van der Waals surface area contributed by atoms with Gasteiger partial charge in [-0.2, -0.15) is 11.8 Å². The molecule has 72 valence electrons. The minimum Gasteiger partial charge on any atom is -0.480 e. The van der Waals surface area contributed by atoms with Gasteiger partial charge in [0.25, 0.3) is 0 Å². The van der Waals surface area contributed by atoms with Crippen LogP contribution < -0.4 is 5.32 Å². The molecule has 3 N–H and O–H groups in total. The summed E-state index contributed by atoms with van der Waals surface area (Å²) in [6, 6.07) is -0.641. The normalized spacial score (nSPS) is 15.6. The fourth-order valence-corrected chi connectivity index (χ4v) is 1.28. The summed E-state index contributed by atoms with van der Waals surface area (Å²) >= 11 is 1.59. The second-order valence-corrected chi connectivity index (χ2v) is 3.50. The summed E-state index contributed by atoms with van der Waals surface area (Å²) in [7, 11) is 0. The first kappa shape index (κ1) is 11.7. The zero-order valence-electron chi connectivity index (χ0n) is 7.28. The largest absolute Gasteiger partial charge is 0.480 e. The van der Waals surface area contributed by atoms with Crippen molar-refractivity contribution in [3.8, 4) is 0 Å². The van der Waals surface area contributed by atoms with Crippen LogP contribution in [0.4, 0.5) is 0 Å². The van der Waals surface area contributed by atoms with Crippen molar-refractivity contribution in [3.63, 3.8) is 0 Å². The van der Waals surface area contributed by atoms with Crippen LogP contribution >= 0.6 is 11.8 Å². The number of aliphatic carboxylic acids is 1. The molecule has 0 aromatic rings. The molecule has 1 unspecified atom stereocenters. The van der Waals surface area contributed by atoms with Gasteiger partial charge in [0.2, 0.25) is 0 Å². The molecular formula is C7H15NO3S. The lowest BCUT2D eigenvalue weighted by molar-refractivity contribution is -0.140. The van der Waals surface area contributed by atoms with Gasteiger partial charge in [0.15, 0.2) is 0 Å². The Kier molecular flexibility index (Phi) is 6.14. The zero-order valence-corrected chi connectivity index (χ0v) is 8.10. The molecule has 0 bridgehead atoms. The molecule has 0 heterocycles. The highest BCUT2D eigenvalue weighted by molar-refractivity contribution is 7.98. The van der Waals surface area contributed by atoms with Crippen molar-refractivity contribution < 1.29 is 15.0 Å². The lowest BCUT2D eigenvalue weighted by Gasteiger charge is -2.15. The Balaban J connectivity index is 3.78. The minimum absolute atomic E-state index is 0.529. The highest BCUT2D eigenvalue weighted by Gasteiger charge is 2.17. The van der Waals surface area contributed by atoms with Gasteiger partial charge in [-0.25, -0.2) is 0 Å². The Morgan fingerprint density at radius 2 is 2.25 bits per heavy atom. The molecule has 2 atom stereocenters. The maximum absolute atomic E-state index is 10.6. The summed E-state index contributed by atoms with van der Waals surface area (Å²) in [5, 5.41) is 20.1. The number of carboxylic acids is 1. The van der Waals surface area contributed by atoms with E-state index in [0.717, 1.165) is 5.75 Å². The molecular weight excluding hydrogens is 178 g/mol. The van der Waals surface area contributed by atoms with Crippen molar-refractivity contribution >= 4 is 17.7 Å². The molecule has 0 rings (SSSR count). The number of hydrogen-bond donors (Lipinski definition) is 3. The molecule has 0 aromatic heterocycles. The van der Waals surface area contributed by atoms with Gasteiger partial charge >= 0.3 is 5.97 Å². The third kappa shape index (κ3) is 5.40. The fourth-order valence-electron chi connectivity index (χ4n) is 0.805. The number of rotatable bonds is 6. The lowest BCUT2D eigenvalue weighted by Crippen LogP contribution is -2.42. The lowest BCUT2D eigenvalue weighted by atomic mass is 10.2. The summed E-state index contributed by atoms with van der Waals surface area (Å²) < 4.78 is 0. The maximum Gasteiger partial charge on any atom is 0.320 e. The minimum atomic E-state index is -0.912. The molecule has 0 saturated heterocycles. The van der Waals surface area contributed by atoms with Gasteiger partial charge in [0, 0.05) is 0 Å². The van der Waals surface area contributed by atoms with Crippen molar-refractivity contribution in [2.45, 2.75) is 25.6 Å². The Bertz CT molecular complexity index is 141. The molecule has 0 aliphatic carbocycles. The van der Waals surface area contributed by atoms with Gasteiger partial charge in [-0.15, -0.1) is 0 Å². The topological polar surface area (TPSA) is 69.6 Å². The summed E-state index contributed by atoms with van der Waals surface area (Å²) in [5.74, 6) is -0.138. The van der Waals surface area contributed by atoms with Crippen molar-refractivity contribution in [2.75, 3.05) is 12.0 Å². The Morgan fingerprint density at radius 1 is 1.67 bits per heavy atom. The van der Waals surface area contributed by atoms with Gasteiger partial charge in [-0.1, -0.05) is 0 Å². The van der Waals surface area contributed by atoms with E-state index in [2.05, 4.69) is 5.32 Å². The Hall–Kier alpha value is -0.260. The highest BCUT2D eigenvalue weighted by Crippen LogP contribution is 2.01. The molecule has 0 fully saturated rings. The summed E-state index contributed by atoms with van der Waals surface area (Å²) in [4.78, 5) is 10.6. The van der Waals surface area contributed by atoms with Crippen LogP contribution in [0.1, 0.15) is 13.3 Å². The first-order valence-electron chi connectivity index (χ1n) is 3.73. The van der Waals surface area contributed by atoms with Gasteiger partial charge < -0.3 is 10.2 Å². The molecule has 0 amide bonds. The third-order valence-electron chi connectivity index (χ3n) is 1.35. The van der Waals surface area contributed by atoms with Gasteiger partial charge in [-0.3, -0.25) is 10.1 Å². The first-order chi connectivity index (χ1) is 5.57. The number of carbonyl (C=O) groups is 1. The van der Waals surface area contributed by atoms with E-state index in [4.69, 9.17) is 10.2 Å². The second-order valence-electron chi connectivity index (χ2n) is 2.51. The van der Waals surface area contributed by atoms with E-state index < -0.39 is 18.2 Å². The predicted octanol–water partition coefficient (Wildman–Crippen LogP) is 0.121. The maximum atomic E-state index is 10.6. The van der Waals surface area contributed by atoms with Gasteiger partial charge in [0.1, 0.15) is 12.3 Å². The average Bonchev–Trinajstić information content (AvgIpc) is 1.96. The number of hydrogen-bond acceptors (Lipinski definition) is 4. The van der Waals surface area contributed by atoms with Crippen molar-refractivity contribution in [1.29, 1.82) is 0 Å². The summed E-state index contributed by atoms with van der Waals surface area (Å²) in [6.07, 6.45) is 1.68. The van der Waals surface area contributed by atoms with Crippen LogP contribution in [0.25, 0.3) is 0 Å². The SMILES string of the molecule is CSCC[C@H](NC(C)O)C(=O)O. The molecule has 4 nitrogen and oxygen atoms in total. The van der Waals surface area contributed by atoms with Gasteiger partial charge in [0.05, 0.1) is 0 Å².